The molecule has 2 aliphatic heterocycles. The van der Waals surface area contributed by atoms with Gasteiger partial charge in [0.25, 0.3) is 0 Å². The molecule has 2 fully saturated rings. The molecule has 0 saturated carbocycles. The predicted octanol–water partition coefficient (Wildman–Crippen LogP) is 1.91. The summed E-state index contributed by atoms with van der Waals surface area (Å²) < 4.78 is 5.73. The smallest absolute Gasteiger partial charge is 0.319 e. The van der Waals surface area contributed by atoms with Gasteiger partial charge >= 0.3 is 6.03 Å². The van der Waals surface area contributed by atoms with E-state index in [1.165, 1.54) is 12.8 Å². The van der Waals surface area contributed by atoms with Crippen molar-refractivity contribution in [3.05, 3.63) is 18.3 Å². The summed E-state index contributed by atoms with van der Waals surface area (Å²) >= 11 is 0. The van der Waals surface area contributed by atoms with E-state index in [2.05, 4.69) is 39.3 Å². The van der Waals surface area contributed by atoms with E-state index in [9.17, 15) is 4.79 Å². The van der Waals surface area contributed by atoms with Crippen LogP contribution < -0.4 is 15.5 Å². The van der Waals surface area contributed by atoms with Crippen LogP contribution in [0.3, 0.4) is 0 Å². The molecule has 0 spiro atoms. The van der Waals surface area contributed by atoms with Gasteiger partial charge in [0.05, 0.1) is 17.9 Å². The number of ether oxygens (including phenoxy) is 1. The molecule has 138 valence electrons. The summed E-state index contributed by atoms with van der Waals surface area (Å²) in [7, 11) is 0. The second-order valence-electron chi connectivity index (χ2n) is 6.97. The molecule has 0 aromatic carbocycles. The van der Waals surface area contributed by atoms with Crippen molar-refractivity contribution in [2.75, 3.05) is 49.5 Å². The van der Waals surface area contributed by atoms with Crippen LogP contribution in [0.25, 0.3) is 0 Å². The molecule has 0 unspecified atom stereocenters. The van der Waals surface area contributed by atoms with Gasteiger partial charge in [-0.1, -0.05) is 0 Å². The summed E-state index contributed by atoms with van der Waals surface area (Å²) in [4.78, 5) is 21.2. The first-order valence-electron chi connectivity index (χ1n) is 9.24. The van der Waals surface area contributed by atoms with Crippen molar-refractivity contribution < 1.29 is 9.53 Å². The molecule has 2 amide bonds. The van der Waals surface area contributed by atoms with Crippen LogP contribution in [-0.4, -0.2) is 67.4 Å². The molecule has 1 aromatic rings. The van der Waals surface area contributed by atoms with Crippen molar-refractivity contribution in [3.63, 3.8) is 0 Å². The average Bonchev–Trinajstić information content (AvgIpc) is 3.09. The minimum absolute atomic E-state index is 0.178. The lowest BCUT2D eigenvalue weighted by Gasteiger charge is -2.35. The Morgan fingerprint density at radius 2 is 2.00 bits per heavy atom. The molecule has 0 aliphatic carbocycles. The molecule has 2 atom stereocenters. The first-order valence-corrected chi connectivity index (χ1v) is 9.24. The molecule has 3 rings (SSSR count). The summed E-state index contributed by atoms with van der Waals surface area (Å²) in [6.45, 7) is 9.45. The van der Waals surface area contributed by atoms with Crippen molar-refractivity contribution in [2.24, 2.45) is 0 Å². The zero-order valence-corrected chi connectivity index (χ0v) is 15.2. The van der Waals surface area contributed by atoms with E-state index in [1.807, 2.05) is 12.1 Å². The van der Waals surface area contributed by atoms with E-state index in [0.29, 0.717) is 6.54 Å². The largest absolute Gasteiger partial charge is 0.373 e. The number of morpholine rings is 1. The zero-order valence-electron chi connectivity index (χ0n) is 15.2. The first-order chi connectivity index (χ1) is 12.1. The standard InChI is InChI=1S/C18H29N5O2/c1-14-12-22(13-15(2)25-14)11-8-20-18(24)21-16-6-5-7-19-17(16)23-9-3-4-10-23/h5-7,14-15H,3-4,8-13H2,1-2H3,(H2,20,21,24)/t14-,15-/m0/s1. The Morgan fingerprint density at radius 3 is 2.72 bits per heavy atom. The van der Waals surface area contributed by atoms with Crippen molar-refractivity contribution >= 4 is 17.5 Å². The molecule has 2 saturated heterocycles. The lowest BCUT2D eigenvalue weighted by atomic mass is 10.2. The molecule has 0 bridgehead atoms. The molecule has 7 heteroatoms. The maximum absolute atomic E-state index is 12.2. The Kier molecular flexibility index (Phi) is 6.09. The van der Waals surface area contributed by atoms with Gasteiger partial charge in [0.1, 0.15) is 0 Å². The quantitative estimate of drug-likeness (QED) is 0.851. The van der Waals surface area contributed by atoms with Crippen LogP contribution in [0.15, 0.2) is 18.3 Å². The molecule has 25 heavy (non-hydrogen) atoms. The van der Waals surface area contributed by atoms with E-state index < -0.39 is 0 Å². The van der Waals surface area contributed by atoms with Gasteiger partial charge in [-0.05, 0) is 38.8 Å². The van der Waals surface area contributed by atoms with Crippen molar-refractivity contribution in [1.82, 2.24) is 15.2 Å². The topological polar surface area (TPSA) is 69.7 Å². The third-order valence-electron chi connectivity index (χ3n) is 4.65. The maximum atomic E-state index is 12.2. The maximum Gasteiger partial charge on any atom is 0.319 e. The summed E-state index contributed by atoms with van der Waals surface area (Å²) in [6, 6.07) is 3.58. The van der Waals surface area contributed by atoms with E-state index in [0.717, 1.165) is 44.2 Å². The minimum Gasteiger partial charge on any atom is -0.373 e. The number of hydrogen-bond acceptors (Lipinski definition) is 5. The molecule has 7 nitrogen and oxygen atoms in total. The fourth-order valence-corrected chi connectivity index (χ4v) is 3.64. The molecule has 2 aliphatic rings. The van der Waals surface area contributed by atoms with E-state index >= 15 is 0 Å². The van der Waals surface area contributed by atoms with Crippen molar-refractivity contribution in [3.8, 4) is 0 Å². The molecular weight excluding hydrogens is 318 g/mol. The minimum atomic E-state index is -0.178. The normalized spacial score (nSPS) is 24.3. The number of pyridine rings is 1. The first kappa shape index (κ1) is 17.9. The number of nitrogens with zero attached hydrogens (tertiary/aromatic N) is 3. The highest BCUT2D eigenvalue weighted by Gasteiger charge is 2.22. The zero-order chi connectivity index (χ0) is 17.6. The average molecular weight is 347 g/mol. The van der Waals surface area contributed by atoms with Crippen LogP contribution in [-0.2, 0) is 4.74 Å². The van der Waals surface area contributed by atoms with Crippen LogP contribution in [0.5, 0.6) is 0 Å². The van der Waals surface area contributed by atoms with Crippen molar-refractivity contribution in [2.45, 2.75) is 38.9 Å². The molecule has 3 heterocycles. The number of carbonyl (C=O) groups excluding carboxylic acids is 1. The Bertz CT molecular complexity index is 566. The van der Waals surface area contributed by atoms with Gasteiger partial charge in [-0.3, -0.25) is 4.90 Å². The van der Waals surface area contributed by atoms with Crippen LogP contribution in [0, 0.1) is 0 Å². The Balaban J connectivity index is 1.46. The van der Waals surface area contributed by atoms with Gasteiger partial charge in [0.15, 0.2) is 5.82 Å². The fourth-order valence-electron chi connectivity index (χ4n) is 3.64. The highest BCUT2D eigenvalue weighted by Crippen LogP contribution is 2.25. The number of nitrogens with one attached hydrogen (secondary N) is 2. The Morgan fingerprint density at radius 1 is 1.28 bits per heavy atom. The SMILES string of the molecule is C[C@H]1CN(CCNC(=O)Nc2cccnc2N2CCCC2)C[C@H](C)O1. The lowest BCUT2D eigenvalue weighted by molar-refractivity contribution is -0.0672. The van der Waals surface area contributed by atoms with E-state index in [-0.39, 0.29) is 18.2 Å². The van der Waals surface area contributed by atoms with Gasteiger partial charge in [-0.2, -0.15) is 0 Å². The van der Waals surface area contributed by atoms with Gasteiger partial charge < -0.3 is 20.3 Å². The summed E-state index contributed by atoms with van der Waals surface area (Å²) in [5, 5.41) is 5.89. The van der Waals surface area contributed by atoms with Gasteiger partial charge in [0, 0.05) is 45.5 Å². The third kappa shape index (κ3) is 5.06. The third-order valence-corrected chi connectivity index (χ3v) is 4.65. The van der Waals surface area contributed by atoms with Gasteiger partial charge in [-0.25, -0.2) is 9.78 Å². The molecule has 1 aromatic heterocycles. The van der Waals surface area contributed by atoms with E-state index in [1.54, 1.807) is 6.20 Å². The fraction of sp³-hybridized carbons (Fsp3) is 0.667. The van der Waals surface area contributed by atoms with E-state index in [4.69, 9.17) is 4.74 Å². The number of amides is 2. The second kappa shape index (κ2) is 8.49. The molecule has 2 N–H and O–H groups in total. The molecule has 0 radical (unpaired) electrons. The van der Waals surface area contributed by atoms with Crippen LogP contribution in [0.2, 0.25) is 0 Å². The van der Waals surface area contributed by atoms with Crippen LogP contribution >= 0.6 is 0 Å². The second-order valence-corrected chi connectivity index (χ2v) is 6.97. The Labute approximate surface area is 149 Å². The molecular formula is C18H29N5O2. The number of hydrogen-bond donors (Lipinski definition) is 2. The summed E-state index contributed by atoms with van der Waals surface area (Å²) in [5.41, 5.74) is 0.774. The predicted molar refractivity (Wildman–Crippen MR) is 99.2 cm³/mol. The van der Waals surface area contributed by atoms with Gasteiger partial charge in [0.2, 0.25) is 0 Å². The number of aromatic nitrogens is 1. The van der Waals surface area contributed by atoms with Crippen LogP contribution in [0.1, 0.15) is 26.7 Å². The summed E-state index contributed by atoms with van der Waals surface area (Å²) in [6.07, 6.45) is 4.63. The number of urea groups is 1. The van der Waals surface area contributed by atoms with Crippen LogP contribution in [0.4, 0.5) is 16.3 Å². The summed E-state index contributed by atoms with van der Waals surface area (Å²) in [5.74, 6) is 0.867. The highest BCUT2D eigenvalue weighted by molar-refractivity contribution is 5.92. The number of anilines is 2. The lowest BCUT2D eigenvalue weighted by Crippen LogP contribution is -2.48. The monoisotopic (exact) mass is 347 g/mol. The highest BCUT2D eigenvalue weighted by atomic mass is 16.5. The van der Waals surface area contributed by atoms with Crippen molar-refractivity contribution in [1.29, 1.82) is 0 Å². The number of carbonyl (C=O) groups is 1. The Hall–Kier alpha value is -1.86. The number of rotatable bonds is 5. The van der Waals surface area contributed by atoms with Gasteiger partial charge in [-0.15, -0.1) is 0 Å².